The SMILES string of the molecule is CCN(CC)c1ccc2c(C)c(C(N)=C(C#N)C(N)=O)c(=O)oc2c1. The van der Waals surface area contributed by atoms with Crippen LogP contribution in [-0.4, -0.2) is 19.0 Å². The fraction of sp³-hybridized carbons (Fsp3) is 0.278. The maximum Gasteiger partial charge on any atom is 0.346 e. The van der Waals surface area contributed by atoms with E-state index in [1.165, 1.54) is 0 Å². The predicted molar refractivity (Wildman–Crippen MR) is 96.7 cm³/mol. The first kappa shape index (κ1) is 18.1. The van der Waals surface area contributed by atoms with Crippen molar-refractivity contribution < 1.29 is 9.21 Å². The van der Waals surface area contributed by atoms with Gasteiger partial charge in [0.15, 0.2) is 0 Å². The minimum atomic E-state index is -0.990. The van der Waals surface area contributed by atoms with Gasteiger partial charge in [0, 0.05) is 30.2 Å². The number of amides is 1. The van der Waals surface area contributed by atoms with Crippen molar-refractivity contribution in [3.05, 3.63) is 45.3 Å². The Labute approximate surface area is 145 Å². The molecule has 0 bridgehead atoms. The normalized spacial score (nSPS) is 11.8. The van der Waals surface area contributed by atoms with Gasteiger partial charge >= 0.3 is 5.63 Å². The van der Waals surface area contributed by atoms with E-state index in [0.717, 1.165) is 18.8 Å². The average molecular weight is 340 g/mol. The lowest BCUT2D eigenvalue weighted by molar-refractivity contribution is -0.114. The molecule has 0 fully saturated rings. The Hall–Kier alpha value is -3.27. The highest BCUT2D eigenvalue weighted by Crippen LogP contribution is 2.27. The number of carbonyl (C=O) groups excluding carboxylic acids is 1. The van der Waals surface area contributed by atoms with E-state index in [2.05, 4.69) is 4.90 Å². The molecule has 0 aliphatic carbocycles. The molecule has 0 aliphatic heterocycles. The van der Waals surface area contributed by atoms with Crippen LogP contribution in [0.3, 0.4) is 0 Å². The van der Waals surface area contributed by atoms with Gasteiger partial charge in [-0.2, -0.15) is 5.26 Å². The first-order valence-electron chi connectivity index (χ1n) is 7.88. The van der Waals surface area contributed by atoms with E-state index in [4.69, 9.17) is 21.1 Å². The Morgan fingerprint density at radius 2 is 1.92 bits per heavy atom. The molecule has 0 aliphatic rings. The summed E-state index contributed by atoms with van der Waals surface area (Å²) in [6.07, 6.45) is 0. The number of hydrogen-bond acceptors (Lipinski definition) is 6. The van der Waals surface area contributed by atoms with Crippen molar-refractivity contribution in [3.8, 4) is 6.07 Å². The van der Waals surface area contributed by atoms with Crippen LogP contribution in [-0.2, 0) is 4.79 Å². The van der Waals surface area contributed by atoms with Gasteiger partial charge in [-0.3, -0.25) is 4.79 Å². The summed E-state index contributed by atoms with van der Waals surface area (Å²) in [6, 6.07) is 7.18. The standard InChI is InChI=1S/C18H20N4O3/c1-4-22(5-2)11-6-7-12-10(3)15(18(24)25-14(12)8-11)16(20)13(9-19)17(21)23/h6-8H,4-5,20H2,1-3H3,(H2,21,23). The molecule has 1 aromatic carbocycles. The van der Waals surface area contributed by atoms with Gasteiger partial charge in [-0.25, -0.2) is 4.79 Å². The minimum Gasteiger partial charge on any atom is -0.422 e. The molecule has 0 saturated carbocycles. The third kappa shape index (κ3) is 3.19. The van der Waals surface area contributed by atoms with Gasteiger partial charge in [-0.05, 0) is 38.5 Å². The summed E-state index contributed by atoms with van der Waals surface area (Å²) in [5.41, 5.74) is 11.4. The monoisotopic (exact) mass is 340 g/mol. The highest BCUT2D eigenvalue weighted by Gasteiger charge is 2.19. The van der Waals surface area contributed by atoms with E-state index in [-0.39, 0.29) is 11.3 Å². The maximum absolute atomic E-state index is 12.4. The molecule has 2 rings (SSSR count). The van der Waals surface area contributed by atoms with Crippen molar-refractivity contribution in [2.24, 2.45) is 11.5 Å². The maximum atomic E-state index is 12.4. The summed E-state index contributed by atoms with van der Waals surface area (Å²) in [7, 11) is 0. The van der Waals surface area contributed by atoms with Crippen molar-refractivity contribution >= 4 is 28.3 Å². The lowest BCUT2D eigenvalue weighted by atomic mass is 10.0. The van der Waals surface area contributed by atoms with Gasteiger partial charge in [-0.1, -0.05) is 0 Å². The number of nitrogens with zero attached hydrogens (tertiary/aromatic N) is 2. The third-order valence-corrected chi connectivity index (χ3v) is 4.18. The molecule has 4 N–H and O–H groups in total. The second-order valence-electron chi connectivity index (χ2n) is 5.51. The zero-order valence-electron chi connectivity index (χ0n) is 14.4. The Morgan fingerprint density at radius 1 is 1.28 bits per heavy atom. The fourth-order valence-corrected chi connectivity index (χ4v) is 2.81. The number of anilines is 1. The van der Waals surface area contributed by atoms with Crippen LogP contribution >= 0.6 is 0 Å². The van der Waals surface area contributed by atoms with E-state index in [1.807, 2.05) is 26.0 Å². The molecule has 2 aromatic rings. The van der Waals surface area contributed by atoms with Gasteiger partial charge in [0.25, 0.3) is 5.91 Å². The number of aryl methyl sites for hydroxylation is 1. The van der Waals surface area contributed by atoms with Gasteiger partial charge in [0.2, 0.25) is 0 Å². The number of rotatable bonds is 5. The number of nitriles is 1. The van der Waals surface area contributed by atoms with Crippen molar-refractivity contribution in [3.63, 3.8) is 0 Å². The largest absolute Gasteiger partial charge is 0.422 e. The topological polar surface area (TPSA) is 126 Å². The molecule has 0 unspecified atom stereocenters. The molecule has 1 heterocycles. The average Bonchev–Trinajstić information content (AvgIpc) is 2.56. The number of nitrogens with two attached hydrogens (primary N) is 2. The second-order valence-corrected chi connectivity index (χ2v) is 5.51. The molecule has 0 spiro atoms. The summed E-state index contributed by atoms with van der Waals surface area (Å²) in [5, 5.41) is 9.72. The van der Waals surface area contributed by atoms with Crippen LogP contribution in [0.1, 0.15) is 25.0 Å². The van der Waals surface area contributed by atoms with Crippen LogP contribution in [0.2, 0.25) is 0 Å². The molecule has 25 heavy (non-hydrogen) atoms. The van der Waals surface area contributed by atoms with Gasteiger partial charge < -0.3 is 20.8 Å². The zero-order chi connectivity index (χ0) is 18.7. The summed E-state index contributed by atoms with van der Waals surface area (Å²) >= 11 is 0. The molecule has 0 saturated heterocycles. The van der Waals surface area contributed by atoms with E-state index in [0.29, 0.717) is 16.5 Å². The minimum absolute atomic E-state index is 0.0153. The summed E-state index contributed by atoms with van der Waals surface area (Å²) < 4.78 is 5.39. The van der Waals surface area contributed by atoms with Gasteiger partial charge in [-0.15, -0.1) is 0 Å². The zero-order valence-corrected chi connectivity index (χ0v) is 14.4. The fourth-order valence-electron chi connectivity index (χ4n) is 2.81. The molecule has 0 radical (unpaired) electrons. The Balaban J connectivity index is 2.76. The molecule has 0 atom stereocenters. The molecule has 7 nitrogen and oxygen atoms in total. The Morgan fingerprint density at radius 3 is 2.44 bits per heavy atom. The van der Waals surface area contributed by atoms with Crippen molar-refractivity contribution in [1.82, 2.24) is 0 Å². The molecular weight excluding hydrogens is 320 g/mol. The molecular formula is C18H20N4O3. The van der Waals surface area contributed by atoms with Crippen molar-refractivity contribution in [1.29, 1.82) is 5.26 Å². The Bertz CT molecular complexity index is 963. The van der Waals surface area contributed by atoms with Crippen LogP contribution in [0.25, 0.3) is 16.7 Å². The van der Waals surface area contributed by atoms with Crippen LogP contribution in [0.15, 0.2) is 33.0 Å². The van der Waals surface area contributed by atoms with Crippen molar-refractivity contribution in [2.75, 3.05) is 18.0 Å². The predicted octanol–water partition coefficient (Wildman–Crippen LogP) is 1.63. The molecule has 7 heteroatoms. The summed E-state index contributed by atoms with van der Waals surface area (Å²) in [4.78, 5) is 25.9. The number of hydrogen-bond donors (Lipinski definition) is 2. The van der Waals surface area contributed by atoms with Gasteiger partial charge in [0.1, 0.15) is 17.2 Å². The van der Waals surface area contributed by atoms with Crippen LogP contribution in [0.4, 0.5) is 5.69 Å². The quantitative estimate of drug-likeness (QED) is 0.484. The lowest BCUT2D eigenvalue weighted by Gasteiger charge is -2.21. The Kier molecular flexibility index (Phi) is 5.13. The number of carbonyl (C=O) groups is 1. The van der Waals surface area contributed by atoms with Crippen LogP contribution < -0.4 is 22.0 Å². The van der Waals surface area contributed by atoms with E-state index in [1.54, 1.807) is 19.1 Å². The second kappa shape index (κ2) is 7.09. The molecule has 1 aromatic heterocycles. The number of primary amides is 1. The van der Waals surface area contributed by atoms with E-state index < -0.39 is 17.1 Å². The highest BCUT2D eigenvalue weighted by molar-refractivity contribution is 6.04. The summed E-state index contributed by atoms with van der Waals surface area (Å²) in [5.74, 6) is -0.990. The van der Waals surface area contributed by atoms with Crippen LogP contribution in [0.5, 0.6) is 0 Å². The smallest absolute Gasteiger partial charge is 0.346 e. The molecule has 130 valence electrons. The highest BCUT2D eigenvalue weighted by atomic mass is 16.4. The first-order valence-corrected chi connectivity index (χ1v) is 7.88. The third-order valence-electron chi connectivity index (χ3n) is 4.18. The van der Waals surface area contributed by atoms with Gasteiger partial charge in [0.05, 0.1) is 11.3 Å². The summed E-state index contributed by atoms with van der Waals surface area (Å²) in [6.45, 7) is 7.41. The van der Waals surface area contributed by atoms with E-state index >= 15 is 0 Å². The van der Waals surface area contributed by atoms with Crippen molar-refractivity contribution in [2.45, 2.75) is 20.8 Å². The lowest BCUT2D eigenvalue weighted by Crippen LogP contribution is -2.22. The first-order chi connectivity index (χ1) is 11.8. The van der Waals surface area contributed by atoms with E-state index in [9.17, 15) is 9.59 Å². The van der Waals surface area contributed by atoms with Crippen LogP contribution in [0, 0.1) is 18.3 Å². The number of benzene rings is 1. The number of fused-ring (bicyclic) bond motifs is 1. The molecule has 1 amide bonds.